The maximum Gasteiger partial charge on any atom is 0.163 e. The predicted octanol–water partition coefficient (Wildman–Crippen LogP) is 4.13. The smallest absolute Gasteiger partial charge is 0.163 e. The van der Waals surface area contributed by atoms with Gasteiger partial charge in [-0.2, -0.15) is 0 Å². The van der Waals surface area contributed by atoms with Crippen molar-refractivity contribution >= 4 is 5.78 Å². The number of benzene rings is 2. The van der Waals surface area contributed by atoms with Crippen LogP contribution in [-0.2, 0) is 13.0 Å². The van der Waals surface area contributed by atoms with Crippen LogP contribution < -0.4 is 4.74 Å². The summed E-state index contributed by atoms with van der Waals surface area (Å²) in [4.78, 5) is 11.5. The molecule has 2 aromatic rings. The zero-order valence-corrected chi connectivity index (χ0v) is 12.4. The molecular formula is C18H20O3. The van der Waals surface area contributed by atoms with Crippen LogP contribution in [0.2, 0.25) is 0 Å². The number of aromatic hydroxyl groups is 1. The van der Waals surface area contributed by atoms with E-state index in [4.69, 9.17) is 4.74 Å². The van der Waals surface area contributed by atoms with E-state index in [0.29, 0.717) is 12.2 Å². The van der Waals surface area contributed by atoms with E-state index in [2.05, 4.69) is 0 Å². The van der Waals surface area contributed by atoms with Crippen LogP contribution in [0.1, 0.15) is 41.8 Å². The van der Waals surface area contributed by atoms with E-state index < -0.39 is 0 Å². The molecule has 2 rings (SSSR count). The predicted molar refractivity (Wildman–Crippen MR) is 82.9 cm³/mol. The van der Waals surface area contributed by atoms with E-state index in [1.54, 1.807) is 6.07 Å². The SMILES string of the molecule is CCCc1c(COc2ccccc2)ccc(C(C)=O)c1O. The maximum absolute atomic E-state index is 11.5. The Hall–Kier alpha value is -2.29. The van der Waals surface area contributed by atoms with Crippen LogP contribution in [0.4, 0.5) is 0 Å². The molecule has 1 N–H and O–H groups in total. The van der Waals surface area contributed by atoms with Crippen molar-refractivity contribution in [1.82, 2.24) is 0 Å². The molecule has 0 radical (unpaired) electrons. The molecule has 0 heterocycles. The number of para-hydroxylation sites is 1. The Morgan fingerprint density at radius 3 is 2.48 bits per heavy atom. The molecule has 0 aliphatic heterocycles. The number of ether oxygens (including phenoxy) is 1. The van der Waals surface area contributed by atoms with Crippen molar-refractivity contribution in [3.63, 3.8) is 0 Å². The van der Waals surface area contributed by atoms with Gasteiger partial charge in [0.15, 0.2) is 5.78 Å². The van der Waals surface area contributed by atoms with Gasteiger partial charge < -0.3 is 9.84 Å². The molecule has 3 heteroatoms. The first kappa shape index (κ1) is 15.1. The zero-order valence-electron chi connectivity index (χ0n) is 12.4. The van der Waals surface area contributed by atoms with Gasteiger partial charge in [-0.15, -0.1) is 0 Å². The molecule has 110 valence electrons. The largest absolute Gasteiger partial charge is 0.507 e. The molecule has 0 aromatic heterocycles. The lowest BCUT2D eigenvalue weighted by Gasteiger charge is -2.14. The molecule has 0 fully saturated rings. The highest BCUT2D eigenvalue weighted by atomic mass is 16.5. The van der Waals surface area contributed by atoms with Gasteiger partial charge in [-0.3, -0.25) is 4.79 Å². The van der Waals surface area contributed by atoms with Gasteiger partial charge in [0.05, 0.1) is 5.56 Å². The Bertz CT molecular complexity index is 618. The summed E-state index contributed by atoms with van der Waals surface area (Å²) in [5, 5.41) is 10.3. The number of rotatable bonds is 6. The Morgan fingerprint density at radius 1 is 1.14 bits per heavy atom. The fraction of sp³-hybridized carbons (Fsp3) is 0.278. The number of carbonyl (C=O) groups is 1. The number of ketones is 1. The van der Waals surface area contributed by atoms with Gasteiger partial charge >= 0.3 is 0 Å². The van der Waals surface area contributed by atoms with E-state index in [9.17, 15) is 9.90 Å². The lowest BCUT2D eigenvalue weighted by atomic mass is 9.97. The molecule has 0 saturated heterocycles. The van der Waals surface area contributed by atoms with Gasteiger partial charge in [-0.25, -0.2) is 0 Å². The van der Waals surface area contributed by atoms with Crippen molar-refractivity contribution in [2.24, 2.45) is 0 Å². The van der Waals surface area contributed by atoms with E-state index >= 15 is 0 Å². The Kier molecular flexibility index (Phi) is 4.99. The van der Waals surface area contributed by atoms with Gasteiger partial charge in [0.1, 0.15) is 18.1 Å². The third kappa shape index (κ3) is 3.63. The molecule has 0 aliphatic rings. The first-order chi connectivity index (χ1) is 10.1. The Labute approximate surface area is 125 Å². The summed E-state index contributed by atoms with van der Waals surface area (Å²) < 4.78 is 5.74. The lowest BCUT2D eigenvalue weighted by molar-refractivity contribution is 0.101. The summed E-state index contributed by atoms with van der Waals surface area (Å²) in [7, 11) is 0. The van der Waals surface area contributed by atoms with Gasteiger partial charge in [0.25, 0.3) is 0 Å². The number of carbonyl (C=O) groups excluding carboxylic acids is 1. The standard InChI is InChI=1S/C18H20O3/c1-3-7-17-14(10-11-16(13(2)19)18(17)20)12-21-15-8-5-4-6-9-15/h4-6,8-11,20H,3,7,12H2,1-2H3. The fourth-order valence-electron chi connectivity index (χ4n) is 2.30. The second-order valence-electron chi connectivity index (χ2n) is 5.01. The summed E-state index contributed by atoms with van der Waals surface area (Å²) in [5.74, 6) is 0.758. The summed E-state index contributed by atoms with van der Waals surface area (Å²) in [6.45, 7) is 3.89. The number of phenols is 1. The monoisotopic (exact) mass is 284 g/mol. The van der Waals surface area contributed by atoms with Crippen LogP contribution in [-0.4, -0.2) is 10.9 Å². The topological polar surface area (TPSA) is 46.5 Å². The highest BCUT2D eigenvalue weighted by Gasteiger charge is 2.15. The molecule has 3 nitrogen and oxygen atoms in total. The Balaban J connectivity index is 2.26. The van der Waals surface area contributed by atoms with Crippen LogP contribution in [0, 0.1) is 0 Å². The van der Waals surface area contributed by atoms with Crippen molar-refractivity contribution in [3.8, 4) is 11.5 Å². The summed E-state index contributed by atoms with van der Waals surface area (Å²) >= 11 is 0. The van der Waals surface area contributed by atoms with E-state index in [1.165, 1.54) is 6.92 Å². The molecule has 0 unspecified atom stereocenters. The second kappa shape index (κ2) is 6.93. The van der Waals surface area contributed by atoms with Gasteiger partial charge in [0.2, 0.25) is 0 Å². The number of Topliss-reactive ketones (excluding diaryl/α,β-unsaturated/α-hetero) is 1. The van der Waals surface area contributed by atoms with Crippen molar-refractivity contribution in [1.29, 1.82) is 0 Å². The van der Waals surface area contributed by atoms with Gasteiger partial charge in [-0.05, 0) is 37.1 Å². The quantitative estimate of drug-likeness (QED) is 0.811. The molecule has 21 heavy (non-hydrogen) atoms. The molecule has 0 bridgehead atoms. The van der Waals surface area contributed by atoms with Gasteiger partial charge in [0, 0.05) is 5.56 Å². The van der Waals surface area contributed by atoms with Crippen molar-refractivity contribution < 1.29 is 14.6 Å². The minimum absolute atomic E-state index is 0.0958. The van der Waals surface area contributed by atoms with E-state index in [0.717, 1.165) is 29.7 Å². The minimum atomic E-state index is -0.125. The van der Waals surface area contributed by atoms with E-state index in [-0.39, 0.29) is 11.5 Å². The fourth-order valence-corrected chi connectivity index (χ4v) is 2.30. The summed E-state index contributed by atoms with van der Waals surface area (Å²) in [6.07, 6.45) is 1.62. The van der Waals surface area contributed by atoms with Crippen LogP contribution in [0.25, 0.3) is 0 Å². The average Bonchev–Trinajstić information content (AvgIpc) is 2.48. The average molecular weight is 284 g/mol. The van der Waals surface area contributed by atoms with Crippen molar-refractivity contribution in [2.45, 2.75) is 33.3 Å². The molecular weight excluding hydrogens is 264 g/mol. The molecule has 0 aliphatic carbocycles. The summed E-state index contributed by atoms with van der Waals surface area (Å²) in [6, 6.07) is 13.1. The third-order valence-corrected chi connectivity index (χ3v) is 3.40. The number of hydrogen-bond acceptors (Lipinski definition) is 3. The van der Waals surface area contributed by atoms with Crippen LogP contribution >= 0.6 is 0 Å². The molecule has 0 atom stereocenters. The molecule has 0 saturated carbocycles. The first-order valence-corrected chi connectivity index (χ1v) is 7.16. The lowest BCUT2D eigenvalue weighted by Crippen LogP contribution is -2.04. The number of hydrogen-bond donors (Lipinski definition) is 1. The van der Waals surface area contributed by atoms with Crippen molar-refractivity contribution in [3.05, 3.63) is 59.2 Å². The molecule has 2 aromatic carbocycles. The minimum Gasteiger partial charge on any atom is -0.507 e. The highest BCUT2D eigenvalue weighted by Crippen LogP contribution is 2.28. The van der Waals surface area contributed by atoms with Crippen molar-refractivity contribution in [2.75, 3.05) is 0 Å². The Morgan fingerprint density at radius 2 is 1.86 bits per heavy atom. The van der Waals surface area contributed by atoms with Crippen LogP contribution in [0.3, 0.4) is 0 Å². The maximum atomic E-state index is 11.5. The zero-order chi connectivity index (χ0) is 15.2. The number of phenolic OH excluding ortho intramolecular Hbond substituents is 1. The molecule has 0 spiro atoms. The first-order valence-electron chi connectivity index (χ1n) is 7.16. The molecule has 0 amide bonds. The van der Waals surface area contributed by atoms with E-state index in [1.807, 2.05) is 43.3 Å². The second-order valence-corrected chi connectivity index (χ2v) is 5.01. The summed E-state index contributed by atoms with van der Waals surface area (Å²) in [5.41, 5.74) is 2.10. The normalized spacial score (nSPS) is 10.4. The highest BCUT2D eigenvalue weighted by molar-refractivity contribution is 5.97. The van der Waals surface area contributed by atoms with Gasteiger partial charge in [-0.1, -0.05) is 37.6 Å². The van der Waals surface area contributed by atoms with Crippen LogP contribution in [0.15, 0.2) is 42.5 Å². The van der Waals surface area contributed by atoms with Crippen LogP contribution in [0.5, 0.6) is 11.5 Å². The third-order valence-electron chi connectivity index (χ3n) is 3.40.